The second-order valence-electron chi connectivity index (χ2n) is 3.88. The standard InChI is InChI=1S/C10H11N3OS/c1-15-10-11-5-6-4-8(14)13(7-2-3-7)9(6)12-10/h5,7H,2-4H2,1H3. The minimum atomic E-state index is 0.181. The molecular formula is C10H11N3OS. The van der Waals surface area contributed by atoms with Crippen molar-refractivity contribution in [2.45, 2.75) is 30.5 Å². The molecule has 0 atom stereocenters. The molecule has 1 aliphatic carbocycles. The van der Waals surface area contributed by atoms with Gasteiger partial charge in [0.15, 0.2) is 5.16 Å². The van der Waals surface area contributed by atoms with Gasteiger partial charge in [0, 0.05) is 17.8 Å². The SMILES string of the molecule is CSc1ncc2c(n1)N(C1CC1)C(=O)C2. The Balaban J connectivity index is 2.04. The Kier molecular flexibility index (Phi) is 1.95. The summed E-state index contributed by atoms with van der Waals surface area (Å²) in [6.45, 7) is 0. The predicted molar refractivity (Wildman–Crippen MR) is 58.0 cm³/mol. The molecule has 5 heteroatoms. The van der Waals surface area contributed by atoms with E-state index in [9.17, 15) is 4.79 Å². The number of thioether (sulfide) groups is 1. The number of aromatic nitrogens is 2. The summed E-state index contributed by atoms with van der Waals surface area (Å²) in [5.74, 6) is 1.03. The van der Waals surface area contributed by atoms with Gasteiger partial charge in [-0.05, 0) is 19.1 Å². The molecule has 1 amide bonds. The normalized spacial score (nSPS) is 19.5. The van der Waals surface area contributed by atoms with Gasteiger partial charge < -0.3 is 0 Å². The molecule has 0 unspecified atom stereocenters. The number of hydrogen-bond acceptors (Lipinski definition) is 4. The molecule has 4 nitrogen and oxygen atoms in total. The molecule has 2 heterocycles. The first-order valence-electron chi connectivity index (χ1n) is 5.01. The second kappa shape index (κ2) is 3.20. The Morgan fingerprint density at radius 3 is 3.00 bits per heavy atom. The summed E-state index contributed by atoms with van der Waals surface area (Å²) in [4.78, 5) is 22.2. The average Bonchev–Trinajstić information content (AvgIpc) is 3.00. The largest absolute Gasteiger partial charge is 0.293 e. The van der Waals surface area contributed by atoms with Crippen molar-refractivity contribution in [2.24, 2.45) is 0 Å². The summed E-state index contributed by atoms with van der Waals surface area (Å²) in [7, 11) is 0. The zero-order chi connectivity index (χ0) is 10.4. The smallest absolute Gasteiger partial charge is 0.233 e. The minimum absolute atomic E-state index is 0.181. The summed E-state index contributed by atoms with van der Waals surface area (Å²) < 4.78 is 0. The number of rotatable bonds is 2. The van der Waals surface area contributed by atoms with Crippen molar-refractivity contribution in [1.82, 2.24) is 9.97 Å². The summed E-state index contributed by atoms with van der Waals surface area (Å²) >= 11 is 1.51. The highest BCUT2D eigenvalue weighted by molar-refractivity contribution is 7.98. The quantitative estimate of drug-likeness (QED) is 0.557. The Bertz CT molecular complexity index is 431. The lowest BCUT2D eigenvalue weighted by Gasteiger charge is -2.15. The highest BCUT2D eigenvalue weighted by Gasteiger charge is 2.40. The zero-order valence-corrected chi connectivity index (χ0v) is 9.25. The molecule has 0 saturated heterocycles. The number of nitrogens with zero attached hydrogens (tertiary/aromatic N) is 3. The van der Waals surface area contributed by atoms with E-state index in [1.807, 2.05) is 11.2 Å². The van der Waals surface area contributed by atoms with Gasteiger partial charge in [0.2, 0.25) is 5.91 Å². The number of carbonyl (C=O) groups excluding carboxylic acids is 1. The van der Waals surface area contributed by atoms with Crippen LogP contribution in [0.3, 0.4) is 0 Å². The van der Waals surface area contributed by atoms with Gasteiger partial charge in [-0.25, -0.2) is 9.97 Å². The van der Waals surface area contributed by atoms with Gasteiger partial charge in [0.25, 0.3) is 0 Å². The molecule has 1 aliphatic heterocycles. The van der Waals surface area contributed by atoms with Crippen LogP contribution in [0.5, 0.6) is 0 Å². The number of amides is 1. The first-order valence-corrected chi connectivity index (χ1v) is 6.24. The molecule has 3 rings (SSSR count). The maximum Gasteiger partial charge on any atom is 0.233 e. The van der Waals surface area contributed by atoms with E-state index in [0.29, 0.717) is 12.5 Å². The Morgan fingerprint density at radius 2 is 2.33 bits per heavy atom. The predicted octanol–water partition coefficient (Wildman–Crippen LogP) is 1.25. The molecule has 1 saturated carbocycles. The van der Waals surface area contributed by atoms with Crippen LogP contribution in [-0.2, 0) is 11.2 Å². The number of carbonyl (C=O) groups is 1. The van der Waals surface area contributed by atoms with Crippen LogP contribution in [0.4, 0.5) is 5.82 Å². The summed E-state index contributed by atoms with van der Waals surface area (Å²) in [5, 5.41) is 0.745. The molecule has 15 heavy (non-hydrogen) atoms. The van der Waals surface area contributed by atoms with Crippen LogP contribution in [0.15, 0.2) is 11.4 Å². The van der Waals surface area contributed by atoms with Gasteiger partial charge in [-0.2, -0.15) is 0 Å². The molecule has 0 radical (unpaired) electrons. The van der Waals surface area contributed by atoms with Gasteiger partial charge in [0.1, 0.15) is 5.82 Å². The molecule has 0 bridgehead atoms. The molecule has 2 aliphatic rings. The monoisotopic (exact) mass is 221 g/mol. The van der Waals surface area contributed by atoms with Crippen LogP contribution in [0, 0.1) is 0 Å². The van der Waals surface area contributed by atoms with E-state index >= 15 is 0 Å². The van der Waals surface area contributed by atoms with Crippen LogP contribution >= 0.6 is 11.8 Å². The molecule has 78 valence electrons. The van der Waals surface area contributed by atoms with E-state index in [1.54, 1.807) is 6.20 Å². The van der Waals surface area contributed by atoms with Crippen LogP contribution in [0.25, 0.3) is 0 Å². The lowest BCUT2D eigenvalue weighted by Crippen LogP contribution is -2.29. The first kappa shape index (κ1) is 9.15. The van der Waals surface area contributed by atoms with Gasteiger partial charge in [-0.3, -0.25) is 9.69 Å². The molecular weight excluding hydrogens is 210 g/mol. The van der Waals surface area contributed by atoms with Crippen molar-refractivity contribution in [3.05, 3.63) is 11.8 Å². The van der Waals surface area contributed by atoms with Crippen LogP contribution in [0.1, 0.15) is 18.4 Å². The Hall–Kier alpha value is -1.10. The van der Waals surface area contributed by atoms with Crippen LogP contribution in [-0.4, -0.2) is 28.2 Å². The topological polar surface area (TPSA) is 46.1 Å². The highest BCUT2D eigenvalue weighted by atomic mass is 32.2. The number of hydrogen-bond donors (Lipinski definition) is 0. The third-order valence-corrected chi connectivity index (χ3v) is 3.31. The first-order chi connectivity index (χ1) is 7.29. The van der Waals surface area contributed by atoms with Gasteiger partial charge >= 0.3 is 0 Å². The Morgan fingerprint density at radius 1 is 1.53 bits per heavy atom. The fourth-order valence-corrected chi connectivity index (χ4v) is 2.23. The molecule has 1 fully saturated rings. The summed E-state index contributed by atoms with van der Waals surface area (Å²) in [6, 6.07) is 0.406. The molecule has 0 aromatic carbocycles. The van der Waals surface area contributed by atoms with E-state index in [-0.39, 0.29) is 5.91 Å². The van der Waals surface area contributed by atoms with Crippen molar-refractivity contribution in [3.8, 4) is 0 Å². The number of anilines is 1. The molecule has 0 spiro atoms. The fourth-order valence-electron chi connectivity index (χ4n) is 1.89. The van der Waals surface area contributed by atoms with E-state index in [4.69, 9.17) is 0 Å². The van der Waals surface area contributed by atoms with Crippen LogP contribution in [0.2, 0.25) is 0 Å². The third kappa shape index (κ3) is 1.42. The van der Waals surface area contributed by atoms with Crippen molar-refractivity contribution in [1.29, 1.82) is 0 Å². The van der Waals surface area contributed by atoms with Gasteiger partial charge in [-0.15, -0.1) is 0 Å². The van der Waals surface area contributed by atoms with Crippen molar-refractivity contribution in [2.75, 3.05) is 11.2 Å². The van der Waals surface area contributed by atoms with Crippen LogP contribution < -0.4 is 4.90 Å². The van der Waals surface area contributed by atoms with Gasteiger partial charge in [-0.1, -0.05) is 11.8 Å². The van der Waals surface area contributed by atoms with Crippen molar-refractivity contribution < 1.29 is 4.79 Å². The fraction of sp³-hybridized carbons (Fsp3) is 0.500. The maximum absolute atomic E-state index is 11.8. The van der Waals surface area contributed by atoms with Crippen molar-refractivity contribution >= 4 is 23.5 Å². The van der Waals surface area contributed by atoms with Gasteiger partial charge in [0.05, 0.1) is 6.42 Å². The Labute approximate surface area is 92.1 Å². The highest BCUT2D eigenvalue weighted by Crippen LogP contribution is 2.37. The summed E-state index contributed by atoms with van der Waals surface area (Å²) in [5.41, 5.74) is 0.977. The number of fused-ring (bicyclic) bond motifs is 1. The minimum Gasteiger partial charge on any atom is -0.293 e. The molecule has 1 aromatic rings. The third-order valence-electron chi connectivity index (χ3n) is 2.75. The van der Waals surface area contributed by atoms with E-state index in [1.165, 1.54) is 11.8 Å². The van der Waals surface area contributed by atoms with E-state index in [0.717, 1.165) is 29.4 Å². The van der Waals surface area contributed by atoms with E-state index in [2.05, 4.69) is 9.97 Å². The van der Waals surface area contributed by atoms with E-state index < -0.39 is 0 Å². The lowest BCUT2D eigenvalue weighted by atomic mass is 10.3. The zero-order valence-electron chi connectivity index (χ0n) is 8.43. The molecule has 0 N–H and O–H groups in total. The average molecular weight is 221 g/mol. The summed E-state index contributed by atoms with van der Waals surface area (Å²) in [6.07, 6.45) is 6.43. The second-order valence-corrected chi connectivity index (χ2v) is 4.65. The molecule has 1 aromatic heterocycles. The van der Waals surface area contributed by atoms with Crippen molar-refractivity contribution in [3.63, 3.8) is 0 Å². The lowest BCUT2D eigenvalue weighted by molar-refractivity contribution is -0.117. The maximum atomic E-state index is 11.8.